The van der Waals surface area contributed by atoms with Crippen molar-refractivity contribution < 1.29 is 14.6 Å². The summed E-state index contributed by atoms with van der Waals surface area (Å²) in [5, 5.41) is 10.2. The molecule has 1 fully saturated rings. The molecular weight excluding hydrogens is 263 g/mol. The first-order chi connectivity index (χ1) is 8.20. The van der Waals surface area contributed by atoms with E-state index in [4.69, 9.17) is 32.7 Å². The van der Waals surface area contributed by atoms with Crippen molar-refractivity contribution in [3.8, 4) is 5.75 Å². The van der Waals surface area contributed by atoms with Crippen LogP contribution in [0.5, 0.6) is 5.75 Å². The summed E-state index contributed by atoms with van der Waals surface area (Å²) in [4.78, 5) is 0. The van der Waals surface area contributed by atoms with Crippen LogP contribution in [0, 0.1) is 0 Å². The number of aliphatic hydroxyl groups is 1. The first kappa shape index (κ1) is 13.0. The molecule has 0 spiro atoms. The highest BCUT2D eigenvalue weighted by molar-refractivity contribution is 6.35. The molecule has 1 aliphatic rings. The smallest absolute Gasteiger partial charge is 0.144 e. The molecule has 17 heavy (non-hydrogen) atoms. The summed E-state index contributed by atoms with van der Waals surface area (Å²) in [6.45, 7) is 1.19. The molecular formula is C12H14Cl2O3. The van der Waals surface area contributed by atoms with Gasteiger partial charge in [-0.1, -0.05) is 23.2 Å². The van der Waals surface area contributed by atoms with Crippen LogP contribution in [0.3, 0.4) is 0 Å². The second-order valence-electron chi connectivity index (χ2n) is 3.99. The number of hydrogen-bond donors (Lipinski definition) is 1. The monoisotopic (exact) mass is 276 g/mol. The lowest BCUT2D eigenvalue weighted by atomic mass is 10.1. The van der Waals surface area contributed by atoms with Gasteiger partial charge in [0.05, 0.1) is 18.2 Å². The van der Waals surface area contributed by atoms with Crippen LogP contribution in [0.2, 0.25) is 10.0 Å². The van der Waals surface area contributed by atoms with Crippen molar-refractivity contribution in [3.63, 3.8) is 0 Å². The van der Waals surface area contributed by atoms with Crippen molar-refractivity contribution in [2.45, 2.75) is 25.6 Å². The van der Waals surface area contributed by atoms with Gasteiger partial charge in [0.1, 0.15) is 11.9 Å². The average molecular weight is 277 g/mol. The SMILES string of the molecule is OCc1cc(Cl)cc(Cl)c1OC1CCCOC1. The summed E-state index contributed by atoms with van der Waals surface area (Å²) in [7, 11) is 0. The fourth-order valence-corrected chi connectivity index (χ4v) is 2.41. The van der Waals surface area contributed by atoms with Gasteiger partial charge in [0.25, 0.3) is 0 Å². The van der Waals surface area contributed by atoms with Gasteiger partial charge < -0.3 is 14.6 Å². The normalized spacial score (nSPS) is 20.3. The Labute approximate surface area is 110 Å². The first-order valence-electron chi connectivity index (χ1n) is 5.54. The molecule has 1 aliphatic heterocycles. The fourth-order valence-electron chi connectivity index (χ4n) is 1.83. The number of rotatable bonds is 3. The van der Waals surface area contributed by atoms with Crippen LogP contribution in [0.15, 0.2) is 12.1 Å². The second-order valence-corrected chi connectivity index (χ2v) is 4.83. The van der Waals surface area contributed by atoms with E-state index < -0.39 is 0 Å². The van der Waals surface area contributed by atoms with E-state index in [9.17, 15) is 5.11 Å². The van der Waals surface area contributed by atoms with Crippen molar-refractivity contribution in [1.82, 2.24) is 0 Å². The minimum atomic E-state index is -0.150. The molecule has 1 heterocycles. The Hall–Kier alpha value is -0.480. The number of halogens is 2. The lowest BCUT2D eigenvalue weighted by Crippen LogP contribution is -2.28. The van der Waals surface area contributed by atoms with Crippen LogP contribution in [-0.2, 0) is 11.3 Å². The Balaban J connectivity index is 2.18. The molecule has 1 saturated heterocycles. The van der Waals surface area contributed by atoms with Crippen LogP contribution in [-0.4, -0.2) is 24.4 Å². The molecule has 0 aliphatic carbocycles. The standard InChI is InChI=1S/C12H14Cl2O3/c13-9-4-8(6-15)12(11(14)5-9)17-10-2-1-3-16-7-10/h4-5,10,15H,1-3,6-7H2. The number of hydrogen-bond acceptors (Lipinski definition) is 3. The van der Waals surface area contributed by atoms with Crippen molar-refractivity contribution >= 4 is 23.2 Å². The van der Waals surface area contributed by atoms with Crippen LogP contribution in [0.4, 0.5) is 0 Å². The zero-order valence-electron chi connectivity index (χ0n) is 9.29. The van der Waals surface area contributed by atoms with E-state index in [0.717, 1.165) is 19.4 Å². The highest BCUT2D eigenvalue weighted by Gasteiger charge is 2.19. The Bertz CT molecular complexity index is 390. The van der Waals surface area contributed by atoms with Gasteiger partial charge >= 0.3 is 0 Å². The summed E-state index contributed by atoms with van der Waals surface area (Å²) < 4.78 is 11.1. The molecule has 0 amide bonds. The van der Waals surface area contributed by atoms with Gasteiger partial charge in [-0.15, -0.1) is 0 Å². The fraction of sp³-hybridized carbons (Fsp3) is 0.500. The third kappa shape index (κ3) is 3.26. The summed E-state index contributed by atoms with van der Waals surface area (Å²) in [5.74, 6) is 0.508. The first-order valence-corrected chi connectivity index (χ1v) is 6.29. The van der Waals surface area contributed by atoms with Gasteiger partial charge in [0, 0.05) is 17.2 Å². The maximum Gasteiger partial charge on any atom is 0.144 e. The number of aliphatic hydroxyl groups excluding tert-OH is 1. The summed E-state index contributed by atoms with van der Waals surface area (Å²) in [6.07, 6.45) is 1.90. The highest BCUT2D eigenvalue weighted by atomic mass is 35.5. The lowest BCUT2D eigenvalue weighted by molar-refractivity contribution is 0.00665. The van der Waals surface area contributed by atoms with E-state index in [0.29, 0.717) is 28.0 Å². The second kappa shape index (κ2) is 5.91. The molecule has 1 N–H and O–H groups in total. The predicted octanol–water partition coefficient (Wildman–Crippen LogP) is 3.04. The molecule has 3 nitrogen and oxygen atoms in total. The van der Waals surface area contributed by atoms with E-state index in [1.54, 1.807) is 12.1 Å². The minimum absolute atomic E-state index is 0.00674. The zero-order valence-corrected chi connectivity index (χ0v) is 10.8. The highest BCUT2D eigenvalue weighted by Crippen LogP contribution is 2.34. The van der Waals surface area contributed by atoms with Crippen LogP contribution in [0.25, 0.3) is 0 Å². The summed E-state index contributed by atoms with van der Waals surface area (Å²) in [6, 6.07) is 3.27. The maximum absolute atomic E-state index is 9.27. The largest absolute Gasteiger partial charge is 0.486 e. The number of benzene rings is 1. The Morgan fingerprint density at radius 3 is 2.88 bits per heavy atom. The average Bonchev–Trinajstić information content (AvgIpc) is 2.33. The number of ether oxygens (including phenoxy) is 2. The molecule has 2 rings (SSSR count). The van der Waals surface area contributed by atoms with Crippen molar-refractivity contribution in [2.24, 2.45) is 0 Å². The molecule has 1 aromatic rings. The van der Waals surface area contributed by atoms with Crippen LogP contribution < -0.4 is 4.74 Å². The van der Waals surface area contributed by atoms with Gasteiger partial charge in [-0.05, 0) is 25.0 Å². The van der Waals surface area contributed by atoms with E-state index in [1.807, 2.05) is 0 Å². The molecule has 0 aromatic heterocycles. The molecule has 0 saturated carbocycles. The molecule has 0 bridgehead atoms. The third-order valence-corrected chi connectivity index (χ3v) is 3.16. The molecule has 1 unspecified atom stereocenters. The Kier molecular flexibility index (Phi) is 4.51. The molecule has 1 aromatic carbocycles. The summed E-state index contributed by atoms with van der Waals surface area (Å²) in [5.41, 5.74) is 0.605. The van der Waals surface area contributed by atoms with Crippen LogP contribution in [0.1, 0.15) is 18.4 Å². The van der Waals surface area contributed by atoms with E-state index in [1.165, 1.54) is 0 Å². The molecule has 94 valence electrons. The quantitative estimate of drug-likeness (QED) is 0.922. The van der Waals surface area contributed by atoms with E-state index >= 15 is 0 Å². The van der Waals surface area contributed by atoms with Gasteiger partial charge in [0.15, 0.2) is 0 Å². The maximum atomic E-state index is 9.27. The van der Waals surface area contributed by atoms with Crippen molar-refractivity contribution in [3.05, 3.63) is 27.7 Å². The van der Waals surface area contributed by atoms with E-state index in [-0.39, 0.29) is 12.7 Å². The minimum Gasteiger partial charge on any atom is -0.486 e. The zero-order chi connectivity index (χ0) is 12.3. The topological polar surface area (TPSA) is 38.7 Å². The Morgan fingerprint density at radius 2 is 2.24 bits per heavy atom. The third-order valence-electron chi connectivity index (χ3n) is 2.66. The van der Waals surface area contributed by atoms with E-state index in [2.05, 4.69) is 0 Å². The predicted molar refractivity (Wildman–Crippen MR) is 66.9 cm³/mol. The van der Waals surface area contributed by atoms with Gasteiger partial charge in [-0.2, -0.15) is 0 Å². The molecule has 1 atom stereocenters. The van der Waals surface area contributed by atoms with Gasteiger partial charge in [-0.3, -0.25) is 0 Å². The van der Waals surface area contributed by atoms with Crippen molar-refractivity contribution in [2.75, 3.05) is 13.2 Å². The van der Waals surface area contributed by atoms with Gasteiger partial charge in [-0.25, -0.2) is 0 Å². The van der Waals surface area contributed by atoms with Gasteiger partial charge in [0.2, 0.25) is 0 Å². The molecule has 5 heteroatoms. The summed E-state index contributed by atoms with van der Waals surface area (Å²) >= 11 is 11.9. The Morgan fingerprint density at radius 1 is 1.41 bits per heavy atom. The van der Waals surface area contributed by atoms with Crippen molar-refractivity contribution in [1.29, 1.82) is 0 Å². The van der Waals surface area contributed by atoms with Crippen LogP contribution >= 0.6 is 23.2 Å². The molecule has 0 radical (unpaired) electrons. The lowest BCUT2D eigenvalue weighted by Gasteiger charge is -2.25.